The second-order valence-corrected chi connectivity index (χ2v) is 8.99. The van der Waals surface area contributed by atoms with Crippen LogP contribution in [0.1, 0.15) is 41.6 Å². The van der Waals surface area contributed by atoms with Gasteiger partial charge in [0.2, 0.25) is 0 Å². The van der Waals surface area contributed by atoms with Crippen LogP contribution < -0.4 is 0 Å². The Bertz CT molecular complexity index is 1150. The van der Waals surface area contributed by atoms with E-state index in [0.717, 1.165) is 3.97 Å². The van der Waals surface area contributed by atoms with Crippen LogP contribution >= 0.6 is 0 Å². The zero-order valence-electron chi connectivity index (χ0n) is 15.1. The van der Waals surface area contributed by atoms with Crippen LogP contribution in [-0.2, 0) is 10.0 Å². The molecule has 0 saturated carbocycles. The molecule has 0 bridgehead atoms. The fourth-order valence-corrected chi connectivity index (χ4v) is 4.48. The average molecular weight is 385 g/mol. The summed E-state index contributed by atoms with van der Waals surface area (Å²) in [6, 6.07) is 13.9. The third-order valence-electron chi connectivity index (χ3n) is 4.22. The Kier molecular flexibility index (Phi) is 4.43. The first kappa shape index (κ1) is 18.8. The van der Waals surface area contributed by atoms with Crippen LogP contribution in [0.15, 0.2) is 59.5 Å². The topological polar surface area (TPSA) is 93.4 Å². The quantitative estimate of drug-likeness (QED) is 0.690. The van der Waals surface area contributed by atoms with Crippen LogP contribution in [0.4, 0.5) is 0 Å². The fourth-order valence-electron chi connectivity index (χ4n) is 2.94. The molecule has 3 aromatic rings. The molecule has 0 aliphatic carbocycles. The molecule has 0 amide bonds. The van der Waals surface area contributed by atoms with Crippen LogP contribution in [0.25, 0.3) is 10.9 Å². The van der Waals surface area contributed by atoms with Crippen molar-refractivity contribution in [2.24, 2.45) is 5.41 Å². The Morgan fingerprint density at radius 1 is 0.926 bits per heavy atom. The normalized spacial score (nSPS) is 12.3. The van der Waals surface area contributed by atoms with Gasteiger partial charge in [0, 0.05) is 10.8 Å². The van der Waals surface area contributed by atoms with Crippen molar-refractivity contribution in [2.75, 3.05) is 0 Å². The van der Waals surface area contributed by atoms with Crippen molar-refractivity contribution in [3.8, 4) is 0 Å². The van der Waals surface area contributed by atoms with Crippen LogP contribution in [0.2, 0.25) is 0 Å². The van der Waals surface area contributed by atoms with E-state index in [4.69, 9.17) is 0 Å². The largest absolute Gasteiger partial charge is 0.478 e. The maximum atomic E-state index is 13.4. The summed E-state index contributed by atoms with van der Waals surface area (Å²) < 4.78 is 27.6. The SMILES string of the molecule is CC(C)(C)C(=O)c1c(C(=O)O)c2ccccc2n1S(=O)(=O)c1ccccc1. The molecule has 1 N–H and O–H groups in total. The number of benzene rings is 2. The highest BCUT2D eigenvalue weighted by molar-refractivity contribution is 7.90. The molecule has 0 aliphatic rings. The molecule has 140 valence electrons. The summed E-state index contributed by atoms with van der Waals surface area (Å²) in [5.74, 6) is -1.91. The minimum absolute atomic E-state index is 0.0225. The van der Waals surface area contributed by atoms with Crippen molar-refractivity contribution in [3.63, 3.8) is 0 Å². The second kappa shape index (κ2) is 6.35. The smallest absolute Gasteiger partial charge is 0.338 e. The van der Waals surface area contributed by atoms with Gasteiger partial charge >= 0.3 is 5.97 Å². The third kappa shape index (κ3) is 3.04. The Morgan fingerprint density at radius 3 is 2.04 bits per heavy atom. The number of aromatic carboxylic acids is 1. The van der Waals surface area contributed by atoms with E-state index in [9.17, 15) is 23.1 Å². The van der Waals surface area contributed by atoms with E-state index in [2.05, 4.69) is 0 Å². The van der Waals surface area contributed by atoms with Crippen molar-refractivity contribution in [1.82, 2.24) is 3.97 Å². The molecule has 1 aromatic heterocycles. The molecule has 0 radical (unpaired) electrons. The lowest BCUT2D eigenvalue weighted by Crippen LogP contribution is -2.28. The number of carbonyl (C=O) groups excluding carboxylic acids is 1. The monoisotopic (exact) mass is 385 g/mol. The molecule has 6 nitrogen and oxygen atoms in total. The van der Waals surface area contributed by atoms with E-state index < -0.39 is 27.2 Å². The van der Waals surface area contributed by atoms with Crippen molar-refractivity contribution in [1.29, 1.82) is 0 Å². The lowest BCUT2D eigenvalue weighted by atomic mass is 9.87. The van der Waals surface area contributed by atoms with Gasteiger partial charge in [0.15, 0.2) is 5.78 Å². The number of hydrogen-bond donors (Lipinski definition) is 1. The van der Waals surface area contributed by atoms with E-state index in [0.29, 0.717) is 0 Å². The lowest BCUT2D eigenvalue weighted by Gasteiger charge is -2.19. The maximum Gasteiger partial charge on any atom is 0.338 e. The highest BCUT2D eigenvalue weighted by Gasteiger charge is 2.37. The molecule has 0 spiro atoms. The van der Waals surface area contributed by atoms with E-state index in [-0.39, 0.29) is 27.1 Å². The molecule has 0 fully saturated rings. The maximum absolute atomic E-state index is 13.4. The summed E-state index contributed by atoms with van der Waals surface area (Å²) in [6.07, 6.45) is 0. The van der Waals surface area contributed by atoms with Crippen LogP contribution in [0.5, 0.6) is 0 Å². The summed E-state index contributed by atoms with van der Waals surface area (Å²) in [7, 11) is -4.18. The summed E-state index contributed by atoms with van der Waals surface area (Å²) in [5, 5.41) is 9.97. The Balaban J connectivity index is 2.53. The molecule has 7 heteroatoms. The van der Waals surface area contributed by atoms with Gasteiger partial charge in [-0.1, -0.05) is 57.2 Å². The van der Waals surface area contributed by atoms with Gasteiger partial charge < -0.3 is 5.11 Å². The van der Waals surface area contributed by atoms with Crippen molar-refractivity contribution >= 4 is 32.7 Å². The number of Topliss-reactive ketones (excluding diaryl/α,β-unsaturated/α-hetero) is 1. The van der Waals surface area contributed by atoms with Crippen molar-refractivity contribution in [2.45, 2.75) is 25.7 Å². The number of hydrogen-bond acceptors (Lipinski definition) is 4. The van der Waals surface area contributed by atoms with Gasteiger partial charge in [0.1, 0.15) is 5.69 Å². The zero-order chi connectivity index (χ0) is 20.0. The highest BCUT2D eigenvalue weighted by Crippen LogP contribution is 2.34. The predicted molar refractivity (Wildman–Crippen MR) is 102 cm³/mol. The van der Waals surface area contributed by atoms with Gasteiger partial charge in [-0.3, -0.25) is 4.79 Å². The van der Waals surface area contributed by atoms with E-state index in [1.807, 2.05) is 0 Å². The molecule has 1 heterocycles. The van der Waals surface area contributed by atoms with Gasteiger partial charge in [-0.15, -0.1) is 0 Å². The second-order valence-electron chi connectivity index (χ2n) is 7.21. The van der Waals surface area contributed by atoms with Crippen LogP contribution in [0.3, 0.4) is 0 Å². The number of carboxylic acids is 1. The Morgan fingerprint density at radius 2 is 1.48 bits per heavy atom. The number of aromatic nitrogens is 1. The first-order valence-electron chi connectivity index (χ1n) is 8.29. The zero-order valence-corrected chi connectivity index (χ0v) is 15.9. The van der Waals surface area contributed by atoms with E-state index in [1.54, 1.807) is 51.1 Å². The molecule has 0 saturated heterocycles. The average Bonchev–Trinajstić information content (AvgIpc) is 2.96. The minimum atomic E-state index is -4.18. The molecule has 3 rings (SSSR count). The first-order valence-corrected chi connectivity index (χ1v) is 9.73. The summed E-state index contributed by atoms with van der Waals surface area (Å²) in [6.45, 7) is 4.87. The van der Waals surface area contributed by atoms with E-state index >= 15 is 0 Å². The summed E-state index contributed by atoms with van der Waals surface area (Å²) >= 11 is 0. The van der Waals surface area contributed by atoms with Crippen LogP contribution in [-0.4, -0.2) is 29.2 Å². The molecular formula is C20H19NO5S. The standard InChI is InChI=1S/C20H19NO5S/c1-20(2,3)18(22)17-16(19(23)24)14-11-7-8-12-15(14)21(17)27(25,26)13-9-5-4-6-10-13/h4-12H,1-3H3,(H,23,24). The van der Waals surface area contributed by atoms with Crippen molar-refractivity contribution in [3.05, 3.63) is 65.9 Å². The fraction of sp³-hybridized carbons (Fsp3) is 0.200. The molecule has 0 atom stereocenters. The summed E-state index contributed by atoms with van der Waals surface area (Å²) in [5.41, 5.74) is -1.45. The van der Waals surface area contributed by atoms with Crippen molar-refractivity contribution < 1.29 is 23.1 Å². The predicted octanol–water partition coefficient (Wildman–Crippen LogP) is 3.81. The van der Waals surface area contributed by atoms with Gasteiger partial charge in [0.05, 0.1) is 16.0 Å². The van der Waals surface area contributed by atoms with Crippen LogP contribution in [0, 0.1) is 5.41 Å². The first-order chi connectivity index (χ1) is 12.6. The number of nitrogens with zero attached hydrogens (tertiary/aromatic N) is 1. The number of carboxylic acid groups (broad SMARTS) is 1. The molecule has 2 aromatic carbocycles. The number of para-hydroxylation sites is 1. The van der Waals surface area contributed by atoms with E-state index in [1.165, 1.54) is 24.3 Å². The highest BCUT2D eigenvalue weighted by atomic mass is 32.2. The number of fused-ring (bicyclic) bond motifs is 1. The number of rotatable bonds is 4. The summed E-state index contributed by atoms with van der Waals surface area (Å²) in [4.78, 5) is 25.1. The molecule has 27 heavy (non-hydrogen) atoms. The van der Waals surface area contributed by atoms with Gasteiger partial charge in [-0.2, -0.15) is 0 Å². The minimum Gasteiger partial charge on any atom is -0.478 e. The Hall–Kier alpha value is -2.93. The molecule has 0 unspecified atom stereocenters. The lowest BCUT2D eigenvalue weighted by molar-refractivity contribution is 0.0689. The van der Waals surface area contributed by atoms with Gasteiger partial charge in [-0.25, -0.2) is 17.2 Å². The Labute approximate surface area is 157 Å². The molecule has 0 aliphatic heterocycles. The number of carbonyl (C=O) groups is 2. The third-order valence-corrected chi connectivity index (χ3v) is 5.95. The van der Waals surface area contributed by atoms with Gasteiger partial charge in [-0.05, 0) is 18.2 Å². The van der Waals surface area contributed by atoms with Gasteiger partial charge in [0.25, 0.3) is 10.0 Å². The molecular weight excluding hydrogens is 366 g/mol. The number of ketones is 1.